The van der Waals surface area contributed by atoms with E-state index in [1.165, 1.54) is 11.1 Å². The van der Waals surface area contributed by atoms with Crippen molar-refractivity contribution in [3.8, 4) is 0 Å². The zero-order chi connectivity index (χ0) is 17.8. The molecular weight excluding hydrogens is 383 g/mol. The molecule has 148 valence electrons. The number of carbonyl (C=O) groups is 1. The molecule has 0 radical (unpaired) electrons. The molecule has 1 N–H and O–H groups in total. The number of amides is 1. The standard InChI is InChI=1S/C20H26N4O.2ClH/c1-4-15-5-7-16(8-6-15)18-14-21-11-12-24(18)20(25)17-9-10-19(22-13-17)23(2)3;;/h5-10,13,18,21H,4,11-12,14H2,1-3H3;2*1H. The van der Waals surface area contributed by atoms with E-state index >= 15 is 0 Å². The van der Waals surface area contributed by atoms with E-state index in [1.54, 1.807) is 6.20 Å². The molecule has 1 aromatic heterocycles. The molecule has 27 heavy (non-hydrogen) atoms. The van der Waals surface area contributed by atoms with E-state index in [9.17, 15) is 4.79 Å². The third kappa shape index (κ3) is 5.34. The second-order valence-electron chi connectivity index (χ2n) is 6.61. The number of benzene rings is 1. The van der Waals surface area contributed by atoms with Gasteiger partial charge in [0.05, 0.1) is 11.6 Å². The molecule has 2 aromatic rings. The lowest BCUT2D eigenvalue weighted by molar-refractivity contribution is 0.0634. The largest absolute Gasteiger partial charge is 0.363 e. The van der Waals surface area contributed by atoms with Gasteiger partial charge in [0.25, 0.3) is 5.91 Å². The Morgan fingerprint density at radius 2 is 1.89 bits per heavy atom. The lowest BCUT2D eigenvalue weighted by Gasteiger charge is -2.36. The first-order valence-corrected chi connectivity index (χ1v) is 8.84. The summed E-state index contributed by atoms with van der Waals surface area (Å²) in [4.78, 5) is 21.3. The lowest BCUT2D eigenvalue weighted by Crippen LogP contribution is -2.48. The third-order valence-corrected chi connectivity index (χ3v) is 4.73. The van der Waals surface area contributed by atoms with E-state index in [1.807, 2.05) is 36.0 Å². The minimum Gasteiger partial charge on any atom is -0.363 e. The first kappa shape index (κ1) is 23.2. The number of nitrogens with one attached hydrogen (secondary N) is 1. The number of carbonyl (C=O) groups excluding carboxylic acids is 1. The average molecular weight is 411 g/mol. The topological polar surface area (TPSA) is 48.5 Å². The van der Waals surface area contributed by atoms with Crippen LogP contribution < -0.4 is 10.2 Å². The van der Waals surface area contributed by atoms with Crippen LogP contribution in [0, 0.1) is 0 Å². The maximum atomic E-state index is 13.0. The zero-order valence-electron chi connectivity index (χ0n) is 16.0. The van der Waals surface area contributed by atoms with Gasteiger partial charge >= 0.3 is 0 Å². The monoisotopic (exact) mass is 410 g/mol. The number of rotatable bonds is 4. The van der Waals surface area contributed by atoms with Gasteiger partial charge in [-0.2, -0.15) is 0 Å². The van der Waals surface area contributed by atoms with Gasteiger partial charge in [-0.25, -0.2) is 4.98 Å². The Hall–Kier alpha value is -1.82. The zero-order valence-corrected chi connectivity index (χ0v) is 17.6. The fraction of sp³-hybridized carbons (Fsp3) is 0.400. The van der Waals surface area contributed by atoms with E-state index in [4.69, 9.17) is 0 Å². The van der Waals surface area contributed by atoms with Gasteiger partial charge in [-0.05, 0) is 29.7 Å². The summed E-state index contributed by atoms with van der Waals surface area (Å²) in [7, 11) is 3.88. The smallest absolute Gasteiger partial charge is 0.256 e. The number of halogens is 2. The molecule has 1 aromatic carbocycles. The summed E-state index contributed by atoms with van der Waals surface area (Å²) in [6.45, 7) is 4.45. The predicted molar refractivity (Wildman–Crippen MR) is 116 cm³/mol. The van der Waals surface area contributed by atoms with Crippen molar-refractivity contribution in [2.45, 2.75) is 19.4 Å². The molecular formula is C20H28Cl2N4O. The summed E-state index contributed by atoms with van der Waals surface area (Å²) in [5.74, 6) is 0.896. The Bertz CT molecular complexity index is 720. The predicted octanol–water partition coefficient (Wildman–Crippen LogP) is 3.34. The van der Waals surface area contributed by atoms with Gasteiger partial charge < -0.3 is 15.1 Å². The van der Waals surface area contributed by atoms with Gasteiger partial charge in [0.15, 0.2) is 0 Å². The van der Waals surface area contributed by atoms with Crippen LogP contribution in [0.5, 0.6) is 0 Å². The molecule has 0 spiro atoms. The molecule has 5 nitrogen and oxygen atoms in total. The second kappa shape index (κ2) is 10.5. The number of hydrogen-bond donors (Lipinski definition) is 1. The Morgan fingerprint density at radius 3 is 2.44 bits per heavy atom. The first-order chi connectivity index (χ1) is 12.1. The highest BCUT2D eigenvalue weighted by molar-refractivity contribution is 5.94. The average Bonchev–Trinajstić information content (AvgIpc) is 2.67. The Morgan fingerprint density at radius 1 is 1.19 bits per heavy atom. The summed E-state index contributed by atoms with van der Waals surface area (Å²) in [6.07, 6.45) is 2.70. The summed E-state index contributed by atoms with van der Waals surface area (Å²) < 4.78 is 0. The van der Waals surface area contributed by atoms with Crippen molar-refractivity contribution in [1.82, 2.24) is 15.2 Å². The van der Waals surface area contributed by atoms with E-state index < -0.39 is 0 Å². The van der Waals surface area contributed by atoms with Gasteiger partial charge in [0, 0.05) is 39.9 Å². The highest BCUT2D eigenvalue weighted by atomic mass is 35.5. The number of nitrogens with zero attached hydrogens (tertiary/aromatic N) is 3. The van der Waals surface area contributed by atoms with Crippen LogP contribution in [0.4, 0.5) is 5.82 Å². The minimum atomic E-state index is 0. The quantitative estimate of drug-likeness (QED) is 0.839. The van der Waals surface area contributed by atoms with Crippen molar-refractivity contribution >= 4 is 36.5 Å². The fourth-order valence-electron chi connectivity index (χ4n) is 3.16. The van der Waals surface area contributed by atoms with Crippen molar-refractivity contribution in [1.29, 1.82) is 0 Å². The van der Waals surface area contributed by atoms with Crippen LogP contribution in [0.2, 0.25) is 0 Å². The van der Waals surface area contributed by atoms with E-state index in [0.717, 1.165) is 25.3 Å². The number of aryl methyl sites for hydroxylation is 1. The minimum absolute atomic E-state index is 0. The molecule has 1 amide bonds. The number of aromatic nitrogens is 1. The van der Waals surface area contributed by atoms with Crippen LogP contribution in [0.1, 0.15) is 34.5 Å². The lowest BCUT2D eigenvalue weighted by atomic mass is 10.00. The Kier molecular flexibility index (Phi) is 9.03. The number of piperazine rings is 1. The molecule has 1 saturated heterocycles. The van der Waals surface area contributed by atoms with Gasteiger partial charge in [-0.3, -0.25) is 4.79 Å². The SMILES string of the molecule is CCc1ccc(C2CNCCN2C(=O)c2ccc(N(C)C)nc2)cc1.Cl.Cl. The molecule has 0 bridgehead atoms. The van der Waals surface area contributed by atoms with E-state index in [0.29, 0.717) is 12.1 Å². The first-order valence-electron chi connectivity index (χ1n) is 8.84. The highest BCUT2D eigenvalue weighted by Crippen LogP contribution is 2.25. The van der Waals surface area contributed by atoms with Gasteiger partial charge in [-0.1, -0.05) is 31.2 Å². The van der Waals surface area contributed by atoms with Crippen LogP contribution in [0.25, 0.3) is 0 Å². The Labute approximate surface area is 174 Å². The molecule has 1 aliphatic rings. The van der Waals surface area contributed by atoms with Gasteiger partial charge in [-0.15, -0.1) is 24.8 Å². The third-order valence-electron chi connectivity index (χ3n) is 4.73. The van der Waals surface area contributed by atoms with Crippen molar-refractivity contribution in [2.75, 3.05) is 38.6 Å². The van der Waals surface area contributed by atoms with Gasteiger partial charge in [0.1, 0.15) is 5.82 Å². The molecule has 1 unspecified atom stereocenters. The van der Waals surface area contributed by atoms with Crippen LogP contribution in [0.15, 0.2) is 42.6 Å². The molecule has 7 heteroatoms. The molecule has 1 aliphatic heterocycles. The van der Waals surface area contributed by atoms with Crippen LogP contribution in [0.3, 0.4) is 0 Å². The maximum absolute atomic E-state index is 13.0. The molecule has 1 atom stereocenters. The van der Waals surface area contributed by atoms with Crippen molar-refractivity contribution in [3.63, 3.8) is 0 Å². The summed E-state index contributed by atoms with van der Waals surface area (Å²) >= 11 is 0. The van der Waals surface area contributed by atoms with Crippen molar-refractivity contribution < 1.29 is 4.79 Å². The van der Waals surface area contributed by atoms with E-state index in [-0.39, 0.29) is 36.8 Å². The number of pyridine rings is 1. The van der Waals surface area contributed by atoms with Crippen molar-refractivity contribution in [2.24, 2.45) is 0 Å². The molecule has 0 saturated carbocycles. The molecule has 1 fully saturated rings. The molecule has 3 rings (SSSR count). The van der Waals surface area contributed by atoms with Crippen LogP contribution in [-0.2, 0) is 6.42 Å². The van der Waals surface area contributed by atoms with Crippen molar-refractivity contribution in [3.05, 3.63) is 59.3 Å². The van der Waals surface area contributed by atoms with Crippen LogP contribution in [-0.4, -0.2) is 49.5 Å². The fourth-order valence-corrected chi connectivity index (χ4v) is 3.16. The summed E-state index contributed by atoms with van der Waals surface area (Å²) in [6, 6.07) is 12.4. The normalized spacial score (nSPS) is 16.1. The maximum Gasteiger partial charge on any atom is 0.256 e. The van der Waals surface area contributed by atoms with E-state index in [2.05, 4.69) is 41.5 Å². The van der Waals surface area contributed by atoms with Crippen LogP contribution >= 0.6 is 24.8 Å². The number of anilines is 1. The summed E-state index contributed by atoms with van der Waals surface area (Å²) in [5, 5.41) is 3.41. The number of hydrogen-bond acceptors (Lipinski definition) is 4. The molecule has 2 heterocycles. The van der Waals surface area contributed by atoms with Gasteiger partial charge in [0.2, 0.25) is 0 Å². The Balaban J connectivity index is 0.00000182. The summed E-state index contributed by atoms with van der Waals surface area (Å²) in [5.41, 5.74) is 3.13. The molecule has 0 aliphatic carbocycles. The second-order valence-corrected chi connectivity index (χ2v) is 6.61. The highest BCUT2D eigenvalue weighted by Gasteiger charge is 2.28.